The van der Waals surface area contributed by atoms with Crippen LogP contribution in [0, 0.1) is 10.8 Å². The normalized spacial score (nSPS) is 15.0. The number of aliphatic hydroxyl groups excluding tert-OH is 2. The third kappa shape index (κ3) is 14.1. The van der Waals surface area contributed by atoms with Crippen molar-refractivity contribution in [1.29, 1.82) is 0 Å². The molecular formula is C21H40O4. The van der Waals surface area contributed by atoms with Gasteiger partial charge in [0.1, 0.15) is 12.6 Å². The van der Waals surface area contributed by atoms with Crippen molar-refractivity contribution in [3.05, 3.63) is 0 Å². The standard InChI is InChI=1S/C21H40O4/c1-20(2,14-16-22)12-6-10-18(24)8-5-9-19(25)11-7-13-21(3,4)15-17-23/h16-19,24-25H,5-15H2,1-4H3. The summed E-state index contributed by atoms with van der Waals surface area (Å²) < 4.78 is 0. The van der Waals surface area contributed by atoms with E-state index in [1.165, 1.54) is 0 Å². The van der Waals surface area contributed by atoms with Gasteiger partial charge < -0.3 is 19.8 Å². The molecule has 0 aliphatic heterocycles. The summed E-state index contributed by atoms with van der Waals surface area (Å²) in [4.78, 5) is 21.2. The van der Waals surface area contributed by atoms with Crippen molar-refractivity contribution < 1.29 is 19.8 Å². The van der Waals surface area contributed by atoms with E-state index in [9.17, 15) is 19.8 Å². The summed E-state index contributed by atoms with van der Waals surface area (Å²) in [6.45, 7) is 8.34. The molecule has 0 saturated heterocycles. The number of aliphatic hydroxyl groups is 2. The lowest BCUT2D eigenvalue weighted by Gasteiger charge is -2.23. The second-order valence-corrected chi connectivity index (χ2v) is 9.09. The van der Waals surface area contributed by atoms with Gasteiger partial charge in [0, 0.05) is 12.8 Å². The molecule has 0 aliphatic carbocycles. The molecule has 0 radical (unpaired) electrons. The summed E-state index contributed by atoms with van der Waals surface area (Å²) in [6, 6.07) is 0. The van der Waals surface area contributed by atoms with E-state index in [2.05, 4.69) is 27.7 Å². The minimum absolute atomic E-state index is 0.0231. The van der Waals surface area contributed by atoms with Crippen LogP contribution in [-0.2, 0) is 9.59 Å². The number of aldehydes is 2. The van der Waals surface area contributed by atoms with Crippen LogP contribution in [0.25, 0.3) is 0 Å². The average Bonchev–Trinajstić information content (AvgIpc) is 2.46. The lowest BCUT2D eigenvalue weighted by molar-refractivity contribution is -0.110. The fraction of sp³-hybridized carbons (Fsp3) is 0.905. The van der Waals surface area contributed by atoms with E-state index in [4.69, 9.17) is 0 Å². The lowest BCUT2D eigenvalue weighted by Crippen LogP contribution is -2.15. The second kappa shape index (κ2) is 12.6. The van der Waals surface area contributed by atoms with E-state index in [1.807, 2.05) is 0 Å². The molecule has 0 heterocycles. The van der Waals surface area contributed by atoms with Crippen molar-refractivity contribution in [1.82, 2.24) is 0 Å². The minimum Gasteiger partial charge on any atom is -0.393 e. The molecule has 4 nitrogen and oxygen atoms in total. The molecule has 2 unspecified atom stereocenters. The summed E-state index contributed by atoms with van der Waals surface area (Å²) in [5.41, 5.74) is 0.0462. The van der Waals surface area contributed by atoms with E-state index in [0.717, 1.165) is 70.4 Å². The monoisotopic (exact) mass is 356 g/mol. The van der Waals surface area contributed by atoms with Gasteiger partial charge >= 0.3 is 0 Å². The Bertz CT molecular complexity index is 329. The Hall–Kier alpha value is -0.740. The van der Waals surface area contributed by atoms with Crippen LogP contribution in [0.2, 0.25) is 0 Å². The first-order valence-electron chi connectivity index (χ1n) is 9.85. The van der Waals surface area contributed by atoms with Crippen LogP contribution in [0.5, 0.6) is 0 Å². The summed E-state index contributed by atoms with van der Waals surface area (Å²) in [5, 5.41) is 20.1. The highest BCUT2D eigenvalue weighted by atomic mass is 16.3. The van der Waals surface area contributed by atoms with E-state index in [-0.39, 0.29) is 23.0 Å². The van der Waals surface area contributed by atoms with Crippen LogP contribution in [0.3, 0.4) is 0 Å². The maximum absolute atomic E-state index is 10.6. The zero-order chi connectivity index (χ0) is 19.3. The van der Waals surface area contributed by atoms with E-state index < -0.39 is 0 Å². The maximum atomic E-state index is 10.6. The highest BCUT2D eigenvalue weighted by Crippen LogP contribution is 2.28. The van der Waals surface area contributed by atoms with Crippen LogP contribution in [0.4, 0.5) is 0 Å². The van der Waals surface area contributed by atoms with Gasteiger partial charge in [0.25, 0.3) is 0 Å². The predicted molar refractivity (Wildman–Crippen MR) is 102 cm³/mol. The van der Waals surface area contributed by atoms with Crippen molar-refractivity contribution in [3.63, 3.8) is 0 Å². The topological polar surface area (TPSA) is 74.6 Å². The van der Waals surface area contributed by atoms with E-state index in [1.54, 1.807) is 0 Å². The number of rotatable bonds is 16. The lowest BCUT2D eigenvalue weighted by atomic mass is 9.83. The molecule has 2 N–H and O–H groups in total. The number of carbonyl (C=O) groups is 2. The molecule has 4 heteroatoms. The zero-order valence-electron chi connectivity index (χ0n) is 16.8. The molecule has 0 rings (SSSR count). The van der Waals surface area contributed by atoms with Crippen LogP contribution in [-0.4, -0.2) is 35.0 Å². The highest BCUT2D eigenvalue weighted by Gasteiger charge is 2.18. The van der Waals surface area contributed by atoms with Gasteiger partial charge in [0.15, 0.2) is 0 Å². The summed E-state index contributed by atoms with van der Waals surface area (Å²) in [7, 11) is 0. The molecule has 2 atom stereocenters. The summed E-state index contributed by atoms with van der Waals surface area (Å²) in [6.07, 6.45) is 10.00. The molecule has 0 bridgehead atoms. The zero-order valence-corrected chi connectivity index (χ0v) is 16.8. The SMILES string of the molecule is CC(C)(CC=O)CCCC(O)CCCC(O)CCCC(C)(C)CC=O. The molecule has 0 aromatic rings. The van der Waals surface area contributed by atoms with E-state index >= 15 is 0 Å². The molecule has 0 aromatic carbocycles. The molecule has 148 valence electrons. The minimum atomic E-state index is -0.314. The average molecular weight is 357 g/mol. The highest BCUT2D eigenvalue weighted by molar-refractivity contribution is 5.50. The fourth-order valence-electron chi connectivity index (χ4n) is 3.17. The molecule has 0 aliphatic rings. The van der Waals surface area contributed by atoms with Gasteiger partial charge in [-0.3, -0.25) is 0 Å². The Morgan fingerprint density at radius 2 is 1.00 bits per heavy atom. The Morgan fingerprint density at radius 3 is 1.32 bits per heavy atom. The number of hydrogen-bond donors (Lipinski definition) is 2. The van der Waals surface area contributed by atoms with Crippen LogP contribution >= 0.6 is 0 Å². The smallest absolute Gasteiger partial charge is 0.120 e. The van der Waals surface area contributed by atoms with Gasteiger partial charge in [0.05, 0.1) is 12.2 Å². The van der Waals surface area contributed by atoms with Crippen molar-refractivity contribution in [3.8, 4) is 0 Å². The van der Waals surface area contributed by atoms with Crippen molar-refractivity contribution in [2.24, 2.45) is 10.8 Å². The van der Waals surface area contributed by atoms with Gasteiger partial charge in [-0.25, -0.2) is 0 Å². The Kier molecular flexibility index (Phi) is 12.2. The van der Waals surface area contributed by atoms with Crippen LogP contribution in [0.1, 0.15) is 98.3 Å². The van der Waals surface area contributed by atoms with Gasteiger partial charge in [0.2, 0.25) is 0 Å². The molecular weight excluding hydrogens is 316 g/mol. The largest absolute Gasteiger partial charge is 0.393 e. The third-order valence-corrected chi connectivity index (χ3v) is 5.13. The van der Waals surface area contributed by atoms with Crippen molar-refractivity contribution >= 4 is 12.6 Å². The van der Waals surface area contributed by atoms with Gasteiger partial charge in [-0.1, -0.05) is 40.5 Å². The Morgan fingerprint density at radius 1 is 0.680 bits per heavy atom. The number of carbonyl (C=O) groups excluding carboxylic acids is 2. The third-order valence-electron chi connectivity index (χ3n) is 5.13. The molecule has 0 amide bonds. The Labute approximate surface area is 154 Å². The summed E-state index contributed by atoms with van der Waals surface area (Å²) >= 11 is 0. The first-order chi connectivity index (χ1) is 11.6. The Balaban J connectivity index is 3.74. The molecule has 0 fully saturated rings. The molecule has 0 saturated carbocycles. The first kappa shape index (κ1) is 24.3. The molecule has 0 aromatic heterocycles. The predicted octanol–water partition coefficient (Wildman–Crippen LogP) is 4.45. The second-order valence-electron chi connectivity index (χ2n) is 9.09. The summed E-state index contributed by atoms with van der Waals surface area (Å²) in [5.74, 6) is 0. The van der Waals surface area contributed by atoms with Gasteiger partial charge in [-0.15, -0.1) is 0 Å². The quantitative estimate of drug-likeness (QED) is 0.401. The number of hydrogen-bond acceptors (Lipinski definition) is 4. The molecule has 25 heavy (non-hydrogen) atoms. The van der Waals surface area contributed by atoms with Crippen molar-refractivity contribution in [2.45, 2.75) is 111 Å². The fourth-order valence-corrected chi connectivity index (χ4v) is 3.17. The van der Waals surface area contributed by atoms with Crippen LogP contribution in [0.15, 0.2) is 0 Å². The van der Waals surface area contributed by atoms with Crippen LogP contribution < -0.4 is 0 Å². The van der Waals surface area contributed by atoms with Crippen molar-refractivity contribution in [2.75, 3.05) is 0 Å². The first-order valence-corrected chi connectivity index (χ1v) is 9.85. The molecule has 0 spiro atoms. The van der Waals surface area contributed by atoms with E-state index in [0.29, 0.717) is 12.8 Å². The maximum Gasteiger partial charge on any atom is 0.120 e. The van der Waals surface area contributed by atoms with Gasteiger partial charge in [-0.2, -0.15) is 0 Å². The van der Waals surface area contributed by atoms with Gasteiger partial charge in [-0.05, 0) is 55.8 Å².